The number of thiazole rings is 1. The summed E-state index contributed by atoms with van der Waals surface area (Å²) in [4.78, 5) is 27.0. The Morgan fingerprint density at radius 3 is 2.74 bits per heavy atom. The summed E-state index contributed by atoms with van der Waals surface area (Å²) in [6.07, 6.45) is 10.8. The van der Waals surface area contributed by atoms with Crippen LogP contribution in [0.2, 0.25) is 10.0 Å². The lowest BCUT2D eigenvalue weighted by atomic mass is 10.0. The zero-order chi connectivity index (χ0) is 27.7. The standard InChI is InChI=1S/C30H25Cl2FN4OS/c1-4-9-35-26(21-6-5-7-22(28(21)33)29-18(3)36-16-39-29)8-10-37-17(2)11-25(27(32)30(37)38)24-13-23(24)19-12-20(31)15-34-14-19/h4-12,14-16,23-24H,13H2,1-3H3/b9-4+,10-8+,35-26-. The van der Waals surface area contributed by atoms with Crippen LogP contribution in [0.4, 0.5) is 4.39 Å². The monoisotopic (exact) mass is 578 g/mol. The first-order chi connectivity index (χ1) is 18.8. The molecule has 5 rings (SSSR count). The Labute approximate surface area is 240 Å². The molecule has 1 saturated carbocycles. The van der Waals surface area contributed by atoms with Crippen LogP contribution in [0.25, 0.3) is 16.6 Å². The van der Waals surface area contributed by atoms with E-state index in [9.17, 15) is 4.79 Å². The second kappa shape index (κ2) is 11.4. The molecule has 0 N–H and O–H groups in total. The van der Waals surface area contributed by atoms with E-state index in [0.29, 0.717) is 27.6 Å². The predicted octanol–water partition coefficient (Wildman–Crippen LogP) is 8.19. The van der Waals surface area contributed by atoms with Crippen LogP contribution in [-0.4, -0.2) is 20.2 Å². The first-order valence-corrected chi connectivity index (χ1v) is 14.0. The van der Waals surface area contributed by atoms with Crippen molar-refractivity contribution < 1.29 is 4.39 Å². The first kappa shape index (κ1) is 27.2. The van der Waals surface area contributed by atoms with Crippen LogP contribution in [0, 0.1) is 19.7 Å². The van der Waals surface area contributed by atoms with Gasteiger partial charge in [-0.25, -0.2) is 9.37 Å². The molecule has 3 aromatic heterocycles. The number of aryl methyl sites for hydroxylation is 2. The van der Waals surface area contributed by atoms with E-state index in [2.05, 4.69) is 15.0 Å². The van der Waals surface area contributed by atoms with E-state index in [-0.39, 0.29) is 22.4 Å². The zero-order valence-electron chi connectivity index (χ0n) is 21.5. The van der Waals surface area contributed by atoms with Gasteiger partial charge in [0.05, 0.1) is 26.8 Å². The lowest BCUT2D eigenvalue weighted by Crippen LogP contribution is -2.20. The van der Waals surface area contributed by atoms with E-state index < -0.39 is 5.82 Å². The molecule has 2 unspecified atom stereocenters. The van der Waals surface area contributed by atoms with Gasteiger partial charge in [0.15, 0.2) is 0 Å². The molecule has 0 radical (unpaired) electrons. The fourth-order valence-electron chi connectivity index (χ4n) is 4.71. The topological polar surface area (TPSA) is 60.1 Å². The minimum atomic E-state index is -0.398. The van der Waals surface area contributed by atoms with Crippen LogP contribution in [0.5, 0.6) is 0 Å². The van der Waals surface area contributed by atoms with Gasteiger partial charge in [-0.1, -0.05) is 41.4 Å². The Morgan fingerprint density at radius 2 is 2.03 bits per heavy atom. The van der Waals surface area contributed by atoms with E-state index in [1.165, 1.54) is 15.9 Å². The number of benzene rings is 1. The van der Waals surface area contributed by atoms with Gasteiger partial charge in [-0.2, -0.15) is 0 Å². The van der Waals surface area contributed by atoms with Crippen LogP contribution in [0.3, 0.4) is 0 Å². The van der Waals surface area contributed by atoms with Crippen molar-refractivity contribution >= 4 is 46.5 Å². The van der Waals surface area contributed by atoms with Crippen LogP contribution in [-0.2, 0) is 0 Å². The van der Waals surface area contributed by atoms with Gasteiger partial charge in [-0.05, 0) is 74.4 Å². The molecule has 2 atom stereocenters. The Morgan fingerprint density at radius 1 is 1.21 bits per heavy atom. The van der Waals surface area contributed by atoms with Gasteiger partial charge >= 0.3 is 0 Å². The molecule has 4 aromatic rings. The predicted molar refractivity (Wildman–Crippen MR) is 159 cm³/mol. The van der Waals surface area contributed by atoms with E-state index in [1.807, 2.05) is 32.9 Å². The maximum absolute atomic E-state index is 15.7. The minimum absolute atomic E-state index is 0.127. The van der Waals surface area contributed by atoms with Crippen molar-refractivity contribution in [2.75, 3.05) is 0 Å². The molecule has 0 aliphatic heterocycles. The molecular weight excluding hydrogens is 554 g/mol. The maximum Gasteiger partial charge on any atom is 0.273 e. The average molecular weight is 580 g/mol. The fraction of sp³-hybridized carbons (Fsp3) is 0.200. The molecule has 1 aliphatic rings. The van der Waals surface area contributed by atoms with Crippen molar-refractivity contribution in [1.82, 2.24) is 14.5 Å². The lowest BCUT2D eigenvalue weighted by molar-refractivity contribution is 0.629. The summed E-state index contributed by atoms with van der Waals surface area (Å²) in [5, 5.41) is 0.758. The second-order valence-electron chi connectivity index (χ2n) is 9.36. The molecule has 5 nitrogen and oxygen atoms in total. The molecule has 198 valence electrons. The number of pyridine rings is 2. The van der Waals surface area contributed by atoms with Crippen LogP contribution in [0.1, 0.15) is 53.3 Å². The smallest absolute Gasteiger partial charge is 0.273 e. The molecule has 3 heterocycles. The fourth-order valence-corrected chi connectivity index (χ4v) is 6.00. The quantitative estimate of drug-likeness (QED) is 0.208. The highest BCUT2D eigenvalue weighted by Gasteiger charge is 2.41. The van der Waals surface area contributed by atoms with Gasteiger partial charge < -0.3 is 0 Å². The van der Waals surface area contributed by atoms with Crippen molar-refractivity contribution in [1.29, 1.82) is 0 Å². The summed E-state index contributed by atoms with van der Waals surface area (Å²) in [6.45, 7) is 5.53. The Hall–Kier alpha value is -3.39. The summed E-state index contributed by atoms with van der Waals surface area (Å²) in [7, 11) is 0. The number of allylic oxidation sites excluding steroid dienone is 2. The van der Waals surface area contributed by atoms with Crippen LogP contribution < -0.4 is 5.56 Å². The lowest BCUT2D eigenvalue weighted by Gasteiger charge is -2.11. The van der Waals surface area contributed by atoms with E-state index in [4.69, 9.17) is 23.2 Å². The molecule has 0 spiro atoms. The molecule has 0 saturated heterocycles. The average Bonchev–Trinajstić information content (AvgIpc) is 3.61. The van der Waals surface area contributed by atoms with Crippen molar-refractivity contribution in [3.8, 4) is 10.4 Å². The molecule has 9 heteroatoms. The van der Waals surface area contributed by atoms with E-state index >= 15 is 4.39 Å². The second-order valence-corrected chi connectivity index (χ2v) is 11.0. The zero-order valence-corrected chi connectivity index (χ0v) is 23.9. The number of hydrogen-bond donors (Lipinski definition) is 0. The highest BCUT2D eigenvalue weighted by atomic mass is 35.5. The highest BCUT2D eigenvalue weighted by Crippen LogP contribution is 2.55. The Balaban J connectivity index is 1.48. The van der Waals surface area contributed by atoms with Crippen molar-refractivity contribution in [3.05, 3.63) is 121 Å². The Kier molecular flexibility index (Phi) is 7.93. The molecule has 0 bridgehead atoms. The maximum atomic E-state index is 15.7. The largest absolute Gasteiger partial charge is 0.287 e. The van der Waals surface area contributed by atoms with Gasteiger partial charge in [0.25, 0.3) is 5.56 Å². The van der Waals surface area contributed by atoms with Crippen molar-refractivity contribution in [2.45, 2.75) is 39.0 Å². The summed E-state index contributed by atoms with van der Waals surface area (Å²) in [6, 6.07) is 9.03. The van der Waals surface area contributed by atoms with Gasteiger partial charge in [0.2, 0.25) is 0 Å². The van der Waals surface area contributed by atoms with E-state index in [1.54, 1.807) is 60.7 Å². The number of rotatable bonds is 7. The Bertz CT molecular complexity index is 1710. The number of hydrogen-bond acceptors (Lipinski definition) is 5. The molecular formula is C30H25Cl2FN4OS. The van der Waals surface area contributed by atoms with Gasteiger partial charge in [0, 0.05) is 41.6 Å². The number of aromatic nitrogens is 3. The van der Waals surface area contributed by atoms with E-state index in [0.717, 1.165) is 28.1 Å². The molecule has 39 heavy (non-hydrogen) atoms. The van der Waals surface area contributed by atoms with Gasteiger partial charge in [0.1, 0.15) is 10.8 Å². The summed E-state index contributed by atoms with van der Waals surface area (Å²) >= 11 is 14.1. The molecule has 1 fully saturated rings. The van der Waals surface area contributed by atoms with Crippen LogP contribution >= 0.6 is 34.5 Å². The highest BCUT2D eigenvalue weighted by molar-refractivity contribution is 7.13. The first-order valence-electron chi connectivity index (χ1n) is 12.4. The summed E-state index contributed by atoms with van der Waals surface area (Å²) < 4.78 is 17.2. The normalized spacial score (nSPS) is 17.4. The third-order valence-electron chi connectivity index (χ3n) is 6.76. The summed E-state index contributed by atoms with van der Waals surface area (Å²) in [5.41, 5.74) is 5.84. The molecule has 1 aliphatic carbocycles. The molecule has 1 aromatic carbocycles. The van der Waals surface area contributed by atoms with Crippen LogP contribution in [0.15, 0.2) is 76.4 Å². The molecule has 0 amide bonds. The number of nitrogens with zero attached hydrogens (tertiary/aromatic N) is 4. The van der Waals surface area contributed by atoms with Gasteiger partial charge in [-0.15, -0.1) is 11.3 Å². The van der Waals surface area contributed by atoms with Crippen molar-refractivity contribution in [3.63, 3.8) is 0 Å². The number of halogens is 3. The SMILES string of the molecule is C/C=C/N=C(/C=C/n1c(C)cc(C2CC2c2cncc(Cl)c2)c(Cl)c1=O)c1cccc(-c2scnc2C)c1F. The third kappa shape index (κ3) is 5.53. The minimum Gasteiger partial charge on any atom is -0.287 e. The van der Waals surface area contributed by atoms with Crippen molar-refractivity contribution in [2.24, 2.45) is 4.99 Å². The third-order valence-corrected chi connectivity index (χ3v) is 8.31. The summed E-state index contributed by atoms with van der Waals surface area (Å²) in [5.74, 6) is -0.0528. The van der Waals surface area contributed by atoms with Gasteiger partial charge in [-0.3, -0.25) is 19.3 Å². The number of aliphatic imine (C=N–C) groups is 1.